The molecule has 0 atom stereocenters. The molecule has 0 spiro atoms. The zero-order valence-corrected chi connectivity index (χ0v) is 14.7. The lowest BCUT2D eigenvalue weighted by Crippen LogP contribution is -2.49. The van der Waals surface area contributed by atoms with E-state index < -0.39 is 5.60 Å². The summed E-state index contributed by atoms with van der Waals surface area (Å²) in [5.74, 6) is -0.299. The van der Waals surface area contributed by atoms with Gasteiger partial charge in [-0.05, 0) is 45.7 Å². The molecule has 0 aromatic carbocycles. The van der Waals surface area contributed by atoms with Gasteiger partial charge in [0.2, 0.25) is 0 Å². The maximum absolute atomic E-state index is 12.5. The number of carbonyl (C=O) groups is 2. The Hall–Kier alpha value is -2.31. The van der Waals surface area contributed by atoms with Crippen LogP contribution in [0.1, 0.15) is 44.0 Å². The SMILES string of the molecule is CN(C(=O)c1ccc[nH]c1=O)C1CCN(C(=O)OC(C)(C)C)CC1. The largest absolute Gasteiger partial charge is 0.444 e. The summed E-state index contributed by atoms with van der Waals surface area (Å²) in [4.78, 5) is 42.1. The first-order valence-corrected chi connectivity index (χ1v) is 8.12. The third-order valence-corrected chi connectivity index (χ3v) is 4.03. The standard InChI is InChI=1S/C17H25N3O4/c1-17(2,3)24-16(23)20-10-7-12(8-11-20)19(4)15(22)13-6-5-9-18-14(13)21/h5-6,9,12H,7-8,10-11H2,1-4H3,(H,18,21). The van der Waals surface area contributed by atoms with E-state index in [4.69, 9.17) is 4.74 Å². The summed E-state index contributed by atoms with van der Waals surface area (Å²) in [6.07, 6.45) is 2.49. The van der Waals surface area contributed by atoms with E-state index in [1.54, 1.807) is 22.9 Å². The highest BCUT2D eigenvalue weighted by atomic mass is 16.6. The van der Waals surface area contributed by atoms with Gasteiger partial charge in [-0.3, -0.25) is 9.59 Å². The average Bonchev–Trinajstić information content (AvgIpc) is 2.52. The third kappa shape index (κ3) is 4.37. The van der Waals surface area contributed by atoms with Crippen molar-refractivity contribution in [1.82, 2.24) is 14.8 Å². The monoisotopic (exact) mass is 335 g/mol. The van der Waals surface area contributed by atoms with Crippen molar-refractivity contribution in [2.24, 2.45) is 0 Å². The van der Waals surface area contributed by atoms with Crippen molar-refractivity contribution in [3.8, 4) is 0 Å². The number of piperidine rings is 1. The lowest BCUT2D eigenvalue weighted by molar-refractivity contribution is 0.0160. The summed E-state index contributed by atoms with van der Waals surface area (Å²) in [5, 5.41) is 0. The van der Waals surface area contributed by atoms with Gasteiger partial charge in [-0.25, -0.2) is 4.79 Å². The molecule has 2 rings (SSSR count). The Kier molecular flexibility index (Phi) is 5.31. The Morgan fingerprint density at radius 1 is 1.29 bits per heavy atom. The molecule has 0 radical (unpaired) electrons. The molecule has 7 heteroatoms. The Balaban J connectivity index is 1.94. The molecule has 1 N–H and O–H groups in total. The minimum Gasteiger partial charge on any atom is -0.444 e. The molecule has 1 aromatic rings. The van der Waals surface area contributed by atoms with Crippen molar-refractivity contribution < 1.29 is 14.3 Å². The molecule has 132 valence electrons. The summed E-state index contributed by atoms with van der Waals surface area (Å²) in [5.41, 5.74) is -0.773. The minimum absolute atomic E-state index is 0.00390. The number of nitrogens with zero attached hydrogens (tertiary/aromatic N) is 2. The summed E-state index contributed by atoms with van der Waals surface area (Å²) in [6, 6.07) is 3.15. The number of amides is 2. The van der Waals surface area contributed by atoms with E-state index in [1.165, 1.54) is 12.3 Å². The quantitative estimate of drug-likeness (QED) is 0.894. The van der Waals surface area contributed by atoms with E-state index >= 15 is 0 Å². The second-order valence-corrected chi connectivity index (χ2v) is 7.03. The number of likely N-dealkylation sites (tertiary alicyclic amines) is 1. The maximum atomic E-state index is 12.5. The number of nitrogens with one attached hydrogen (secondary N) is 1. The van der Waals surface area contributed by atoms with E-state index in [9.17, 15) is 14.4 Å². The number of H-pyrrole nitrogens is 1. The molecular weight excluding hydrogens is 310 g/mol. The summed E-state index contributed by atoms with van der Waals surface area (Å²) in [7, 11) is 1.70. The Morgan fingerprint density at radius 3 is 2.46 bits per heavy atom. The molecule has 0 bridgehead atoms. The van der Waals surface area contributed by atoms with Gasteiger partial charge in [0.25, 0.3) is 11.5 Å². The van der Waals surface area contributed by atoms with Gasteiger partial charge in [0.1, 0.15) is 11.2 Å². The molecule has 7 nitrogen and oxygen atoms in total. The van der Waals surface area contributed by atoms with Crippen LogP contribution in [0, 0.1) is 0 Å². The molecule has 0 aliphatic carbocycles. The van der Waals surface area contributed by atoms with Crippen molar-refractivity contribution in [3.63, 3.8) is 0 Å². The van der Waals surface area contributed by atoms with Crippen molar-refractivity contribution in [2.45, 2.75) is 45.3 Å². The fourth-order valence-corrected chi connectivity index (χ4v) is 2.71. The predicted octanol–water partition coefficient (Wildman–Crippen LogP) is 1.85. The van der Waals surface area contributed by atoms with Crippen LogP contribution < -0.4 is 5.56 Å². The molecule has 2 heterocycles. The zero-order chi connectivity index (χ0) is 17.9. The zero-order valence-electron chi connectivity index (χ0n) is 14.7. The molecule has 0 unspecified atom stereocenters. The van der Waals surface area contributed by atoms with Gasteiger partial charge < -0.3 is 19.5 Å². The van der Waals surface area contributed by atoms with Crippen LogP contribution in [0.2, 0.25) is 0 Å². The minimum atomic E-state index is -0.519. The number of ether oxygens (including phenoxy) is 1. The fourth-order valence-electron chi connectivity index (χ4n) is 2.71. The molecule has 1 fully saturated rings. The van der Waals surface area contributed by atoms with Crippen LogP contribution in [-0.4, -0.2) is 58.6 Å². The van der Waals surface area contributed by atoms with E-state index in [-0.39, 0.29) is 29.2 Å². The van der Waals surface area contributed by atoms with E-state index in [1.807, 2.05) is 20.8 Å². The normalized spacial score (nSPS) is 15.9. The second-order valence-electron chi connectivity index (χ2n) is 7.03. The Bertz CT molecular complexity index is 654. The van der Waals surface area contributed by atoms with Crippen molar-refractivity contribution >= 4 is 12.0 Å². The van der Waals surface area contributed by atoms with Gasteiger partial charge in [0.15, 0.2) is 0 Å². The molecule has 2 amide bonds. The number of hydrogen-bond donors (Lipinski definition) is 1. The van der Waals surface area contributed by atoms with Gasteiger partial charge in [-0.2, -0.15) is 0 Å². The van der Waals surface area contributed by atoms with Gasteiger partial charge in [0, 0.05) is 32.4 Å². The van der Waals surface area contributed by atoms with Gasteiger partial charge in [0.05, 0.1) is 0 Å². The first-order valence-electron chi connectivity index (χ1n) is 8.12. The summed E-state index contributed by atoms with van der Waals surface area (Å²) >= 11 is 0. The molecule has 1 aromatic heterocycles. The highest BCUT2D eigenvalue weighted by molar-refractivity contribution is 5.93. The van der Waals surface area contributed by atoms with Gasteiger partial charge >= 0.3 is 6.09 Å². The first kappa shape index (κ1) is 18.0. The smallest absolute Gasteiger partial charge is 0.410 e. The second kappa shape index (κ2) is 7.07. The summed E-state index contributed by atoms with van der Waals surface area (Å²) < 4.78 is 5.37. The van der Waals surface area contributed by atoms with Crippen LogP contribution in [0.3, 0.4) is 0 Å². The van der Waals surface area contributed by atoms with E-state index in [0.29, 0.717) is 25.9 Å². The molecule has 24 heavy (non-hydrogen) atoms. The van der Waals surface area contributed by atoms with Crippen LogP contribution >= 0.6 is 0 Å². The fraction of sp³-hybridized carbons (Fsp3) is 0.588. The number of aromatic amines is 1. The van der Waals surface area contributed by atoms with Crippen LogP contribution in [0.5, 0.6) is 0 Å². The summed E-state index contributed by atoms with van der Waals surface area (Å²) in [6.45, 7) is 6.56. The van der Waals surface area contributed by atoms with E-state index in [0.717, 1.165) is 0 Å². The van der Waals surface area contributed by atoms with Crippen molar-refractivity contribution in [2.75, 3.05) is 20.1 Å². The molecule has 1 aliphatic rings. The average molecular weight is 335 g/mol. The van der Waals surface area contributed by atoms with Crippen molar-refractivity contribution in [1.29, 1.82) is 0 Å². The van der Waals surface area contributed by atoms with Gasteiger partial charge in [-0.15, -0.1) is 0 Å². The topological polar surface area (TPSA) is 82.7 Å². The molecular formula is C17H25N3O4. The lowest BCUT2D eigenvalue weighted by atomic mass is 10.0. The third-order valence-electron chi connectivity index (χ3n) is 4.03. The van der Waals surface area contributed by atoms with Gasteiger partial charge in [-0.1, -0.05) is 0 Å². The predicted molar refractivity (Wildman–Crippen MR) is 90.0 cm³/mol. The first-order chi connectivity index (χ1) is 11.2. The number of hydrogen-bond acceptors (Lipinski definition) is 4. The highest BCUT2D eigenvalue weighted by Gasteiger charge is 2.30. The van der Waals surface area contributed by atoms with Crippen LogP contribution in [0.4, 0.5) is 4.79 Å². The maximum Gasteiger partial charge on any atom is 0.410 e. The molecule has 1 saturated heterocycles. The van der Waals surface area contributed by atoms with Crippen LogP contribution in [0.25, 0.3) is 0 Å². The Labute approximate surface area is 141 Å². The Morgan fingerprint density at radius 2 is 1.92 bits per heavy atom. The van der Waals surface area contributed by atoms with Crippen molar-refractivity contribution in [3.05, 3.63) is 34.2 Å². The van der Waals surface area contributed by atoms with Crippen LogP contribution in [-0.2, 0) is 4.74 Å². The number of rotatable bonds is 2. The number of carbonyl (C=O) groups excluding carboxylic acids is 2. The number of aromatic nitrogens is 1. The lowest BCUT2D eigenvalue weighted by Gasteiger charge is -2.37. The molecule has 0 saturated carbocycles. The van der Waals surface area contributed by atoms with E-state index in [2.05, 4.69) is 4.98 Å². The highest BCUT2D eigenvalue weighted by Crippen LogP contribution is 2.19. The molecule has 1 aliphatic heterocycles. The van der Waals surface area contributed by atoms with Crippen LogP contribution in [0.15, 0.2) is 23.1 Å². The number of pyridine rings is 1.